The Bertz CT molecular complexity index is 324. The molecule has 0 saturated carbocycles. The predicted molar refractivity (Wildman–Crippen MR) is 53.0 cm³/mol. The van der Waals surface area contributed by atoms with Crippen molar-refractivity contribution in [1.82, 2.24) is 4.90 Å². The van der Waals surface area contributed by atoms with E-state index in [1.807, 2.05) is 0 Å². The molecule has 1 aliphatic rings. The number of nitrogens with two attached hydrogens (primary N) is 1. The van der Waals surface area contributed by atoms with Crippen molar-refractivity contribution in [2.75, 3.05) is 13.1 Å². The van der Waals surface area contributed by atoms with E-state index in [0.717, 1.165) is 0 Å². The normalized spacial score (nSPS) is 16.7. The summed E-state index contributed by atoms with van der Waals surface area (Å²) in [6.45, 7) is 4.07. The lowest BCUT2D eigenvalue weighted by molar-refractivity contribution is -0.136. The zero-order chi connectivity index (χ0) is 11.6. The van der Waals surface area contributed by atoms with Crippen molar-refractivity contribution in [3.05, 3.63) is 6.42 Å². The van der Waals surface area contributed by atoms with Crippen molar-refractivity contribution < 1.29 is 9.59 Å². The quantitative estimate of drug-likeness (QED) is 0.689. The van der Waals surface area contributed by atoms with Gasteiger partial charge in [-0.2, -0.15) is 5.26 Å². The molecular weight excluding hydrogens is 194 g/mol. The molecule has 5 heteroatoms. The number of nitrogens with zero attached hydrogens (tertiary/aromatic N) is 2. The number of primary amides is 1. The Morgan fingerprint density at radius 3 is 2.47 bits per heavy atom. The van der Waals surface area contributed by atoms with Crippen LogP contribution in [-0.4, -0.2) is 29.8 Å². The Labute approximate surface area is 88.8 Å². The molecule has 0 aromatic carbocycles. The lowest BCUT2D eigenvalue weighted by Gasteiger charge is -2.36. The van der Waals surface area contributed by atoms with Crippen molar-refractivity contribution in [1.29, 1.82) is 5.26 Å². The van der Waals surface area contributed by atoms with E-state index in [0.29, 0.717) is 13.1 Å². The minimum atomic E-state index is -0.936. The summed E-state index contributed by atoms with van der Waals surface area (Å²) >= 11 is 0. The highest BCUT2D eigenvalue weighted by molar-refractivity contribution is 5.94. The third-order valence-corrected chi connectivity index (χ3v) is 2.50. The monoisotopic (exact) mass is 208 g/mol. The molecule has 1 saturated heterocycles. The second kappa shape index (κ2) is 3.89. The van der Waals surface area contributed by atoms with Gasteiger partial charge in [-0.1, -0.05) is 13.8 Å². The summed E-state index contributed by atoms with van der Waals surface area (Å²) in [4.78, 5) is 24.1. The predicted octanol–water partition coefficient (Wildman–Crippen LogP) is -0.316. The van der Waals surface area contributed by atoms with E-state index in [1.165, 1.54) is 11.3 Å². The molecular formula is C10H14N3O2. The average molecular weight is 208 g/mol. The molecule has 2 N–H and O–H groups in total. The van der Waals surface area contributed by atoms with Crippen molar-refractivity contribution in [2.45, 2.75) is 13.8 Å². The van der Waals surface area contributed by atoms with Gasteiger partial charge in [-0.25, -0.2) is 0 Å². The van der Waals surface area contributed by atoms with Crippen LogP contribution in [0.2, 0.25) is 0 Å². The number of hydrogen-bond acceptors (Lipinski definition) is 3. The molecule has 0 atom stereocenters. The summed E-state index contributed by atoms with van der Waals surface area (Å²) in [6, 6.07) is 2.07. The fraction of sp³-hybridized carbons (Fsp3) is 0.600. The van der Waals surface area contributed by atoms with Crippen LogP contribution in [-0.2, 0) is 9.59 Å². The topological polar surface area (TPSA) is 87.2 Å². The molecule has 1 heterocycles. The Morgan fingerprint density at radius 2 is 2.07 bits per heavy atom. The Morgan fingerprint density at radius 1 is 1.53 bits per heavy atom. The first-order chi connectivity index (χ1) is 6.86. The van der Waals surface area contributed by atoms with Crippen LogP contribution < -0.4 is 5.73 Å². The number of carbonyl (C=O) groups excluding carboxylic acids is 2. The van der Waals surface area contributed by atoms with Gasteiger partial charge in [-0.15, -0.1) is 0 Å². The second-order valence-electron chi connectivity index (χ2n) is 4.30. The lowest BCUT2D eigenvalue weighted by Crippen LogP contribution is -2.51. The Hall–Kier alpha value is -1.57. The number of rotatable bonds is 3. The maximum atomic E-state index is 11.6. The molecule has 1 fully saturated rings. The summed E-state index contributed by atoms with van der Waals surface area (Å²) in [5.41, 5.74) is 4.20. The first-order valence-corrected chi connectivity index (χ1v) is 4.71. The average Bonchev–Trinajstić information content (AvgIpc) is 2.00. The van der Waals surface area contributed by atoms with E-state index in [4.69, 9.17) is 11.0 Å². The van der Waals surface area contributed by atoms with Gasteiger partial charge in [0.25, 0.3) is 0 Å². The molecule has 0 unspecified atom stereocenters. The number of amides is 2. The van der Waals surface area contributed by atoms with Crippen LogP contribution >= 0.6 is 0 Å². The molecule has 0 aliphatic carbocycles. The molecule has 0 aromatic heterocycles. The van der Waals surface area contributed by atoms with Gasteiger partial charge in [0, 0.05) is 13.1 Å². The zero-order valence-corrected chi connectivity index (χ0v) is 8.86. The summed E-state index contributed by atoms with van der Waals surface area (Å²) in [7, 11) is 0. The minimum Gasteiger partial charge on any atom is -0.369 e. The third kappa shape index (κ3) is 2.46. The number of hydrogen-bond donors (Lipinski definition) is 1. The van der Waals surface area contributed by atoms with Gasteiger partial charge in [-0.05, 0) is 0 Å². The van der Waals surface area contributed by atoms with E-state index in [-0.39, 0.29) is 11.8 Å². The van der Waals surface area contributed by atoms with Crippen molar-refractivity contribution in [3.8, 4) is 6.07 Å². The molecule has 0 spiro atoms. The molecule has 1 aliphatic heterocycles. The van der Waals surface area contributed by atoms with E-state index >= 15 is 0 Å². The number of nitriles is 1. The van der Waals surface area contributed by atoms with E-state index < -0.39 is 11.3 Å². The van der Waals surface area contributed by atoms with Gasteiger partial charge in [0.1, 0.15) is 0 Å². The second-order valence-corrected chi connectivity index (χ2v) is 4.30. The van der Waals surface area contributed by atoms with Crippen molar-refractivity contribution in [2.24, 2.45) is 17.1 Å². The molecule has 81 valence electrons. The molecule has 0 aromatic rings. The van der Waals surface area contributed by atoms with Crippen molar-refractivity contribution in [3.63, 3.8) is 0 Å². The fourth-order valence-corrected chi connectivity index (χ4v) is 1.21. The van der Waals surface area contributed by atoms with Crippen LogP contribution in [0.25, 0.3) is 0 Å². The van der Waals surface area contributed by atoms with Gasteiger partial charge < -0.3 is 10.6 Å². The molecule has 0 bridgehead atoms. The zero-order valence-electron chi connectivity index (χ0n) is 8.86. The Kier molecular flexibility index (Phi) is 2.98. The lowest BCUT2D eigenvalue weighted by atomic mass is 9.87. The van der Waals surface area contributed by atoms with Crippen molar-refractivity contribution >= 4 is 11.8 Å². The summed E-state index contributed by atoms with van der Waals surface area (Å²) < 4.78 is 0. The SMILES string of the molecule is CC(C)([CH]C(=O)N1CC(C#N)C1)C(N)=O. The minimum absolute atomic E-state index is 0.0703. The van der Waals surface area contributed by atoms with E-state index in [1.54, 1.807) is 13.8 Å². The van der Waals surface area contributed by atoms with Crippen LogP contribution in [0.5, 0.6) is 0 Å². The van der Waals surface area contributed by atoms with Crippen LogP contribution in [0, 0.1) is 29.1 Å². The standard InChI is InChI=1S/C10H14N3O2/c1-10(2,9(12)15)3-8(14)13-5-7(4-11)6-13/h3,7H,5-6H2,1-2H3,(H2,12,15). The van der Waals surface area contributed by atoms with Crippen LogP contribution in [0.15, 0.2) is 0 Å². The highest BCUT2D eigenvalue weighted by Gasteiger charge is 2.36. The van der Waals surface area contributed by atoms with E-state index in [2.05, 4.69) is 6.07 Å². The first kappa shape index (κ1) is 11.5. The summed E-state index contributed by atoms with van der Waals surface area (Å²) in [5, 5.41) is 8.53. The summed E-state index contributed by atoms with van der Waals surface area (Å²) in [5.74, 6) is -0.836. The molecule has 5 nitrogen and oxygen atoms in total. The molecule has 2 amide bonds. The van der Waals surface area contributed by atoms with Crippen LogP contribution in [0.4, 0.5) is 0 Å². The smallest absolute Gasteiger partial charge is 0.227 e. The highest BCUT2D eigenvalue weighted by atomic mass is 16.2. The van der Waals surface area contributed by atoms with Crippen LogP contribution in [0.3, 0.4) is 0 Å². The summed E-state index contributed by atoms with van der Waals surface area (Å²) in [6.07, 6.45) is 1.31. The maximum absolute atomic E-state index is 11.6. The largest absolute Gasteiger partial charge is 0.369 e. The third-order valence-electron chi connectivity index (χ3n) is 2.50. The Balaban J connectivity index is 2.45. The van der Waals surface area contributed by atoms with Gasteiger partial charge in [0.05, 0.1) is 23.8 Å². The van der Waals surface area contributed by atoms with Crippen LogP contribution in [0.1, 0.15) is 13.8 Å². The molecule has 1 rings (SSSR count). The van der Waals surface area contributed by atoms with Gasteiger partial charge in [0.2, 0.25) is 11.8 Å². The number of likely N-dealkylation sites (tertiary alicyclic amines) is 1. The fourth-order valence-electron chi connectivity index (χ4n) is 1.21. The number of carbonyl (C=O) groups is 2. The molecule has 1 radical (unpaired) electrons. The molecule has 15 heavy (non-hydrogen) atoms. The van der Waals surface area contributed by atoms with Gasteiger partial charge in [-0.3, -0.25) is 9.59 Å². The maximum Gasteiger partial charge on any atom is 0.227 e. The van der Waals surface area contributed by atoms with E-state index in [9.17, 15) is 9.59 Å². The van der Waals surface area contributed by atoms with Gasteiger partial charge in [0.15, 0.2) is 0 Å². The van der Waals surface area contributed by atoms with Gasteiger partial charge >= 0.3 is 0 Å². The first-order valence-electron chi connectivity index (χ1n) is 4.71. The highest BCUT2D eigenvalue weighted by Crippen LogP contribution is 2.23.